The summed E-state index contributed by atoms with van der Waals surface area (Å²) in [4.78, 5) is 17.4. The van der Waals surface area contributed by atoms with E-state index in [0.29, 0.717) is 12.5 Å². The molecule has 0 aliphatic carbocycles. The zero-order valence-corrected chi connectivity index (χ0v) is 18.3. The highest BCUT2D eigenvalue weighted by molar-refractivity contribution is 5.78. The Kier molecular flexibility index (Phi) is 8.72. The van der Waals surface area contributed by atoms with Gasteiger partial charge in [-0.05, 0) is 49.6 Å². The first-order valence-electron chi connectivity index (χ1n) is 10.9. The molecule has 5 heteroatoms. The summed E-state index contributed by atoms with van der Waals surface area (Å²) in [6, 6.07) is 18.1. The van der Waals surface area contributed by atoms with Gasteiger partial charge in [-0.15, -0.1) is 0 Å². The van der Waals surface area contributed by atoms with Crippen LogP contribution in [0.1, 0.15) is 24.0 Å². The zero-order chi connectivity index (χ0) is 21.2. The van der Waals surface area contributed by atoms with E-state index in [0.717, 1.165) is 63.4 Å². The highest BCUT2D eigenvalue weighted by Crippen LogP contribution is 2.14. The molecule has 2 aromatic carbocycles. The Bertz CT molecular complexity index is 758. The molecule has 0 bridgehead atoms. The van der Waals surface area contributed by atoms with Crippen LogP contribution in [0.2, 0.25) is 0 Å². The molecule has 1 atom stereocenters. The minimum Gasteiger partial charge on any atom is -0.497 e. The van der Waals surface area contributed by atoms with Crippen LogP contribution in [0.3, 0.4) is 0 Å². The third-order valence-electron chi connectivity index (χ3n) is 5.67. The van der Waals surface area contributed by atoms with Crippen LogP contribution < -0.4 is 4.74 Å². The standard InChI is InChI=1S/C25H34N2O3/c1-26(20-24-9-6-18-30-24)16-17-27(15-14-21-7-4-3-5-8-21)25(28)19-22-10-12-23(29-2)13-11-22/h3-5,7-8,10-13,24H,6,9,14-20H2,1-2H3. The van der Waals surface area contributed by atoms with Crippen molar-refractivity contribution in [2.45, 2.75) is 31.8 Å². The van der Waals surface area contributed by atoms with E-state index in [9.17, 15) is 4.79 Å². The second-order valence-corrected chi connectivity index (χ2v) is 8.04. The van der Waals surface area contributed by atoms with E-state index in [1.807, 2.05) is 47.4 Å². The molecule has 1 heterocycles. The molecule has 0 saturated carbocycles. The van der Waals surface area contributed by atoms with Crippen LogP contribution in [-0.2, 0) is 22.4 Å². The van der Waals surface area contributed by atoms with Gasteiger partial charge in [0.05, 0.1) is 19.6 Å². The Morgan fingerprint density at radius 2 is 1.80 bits per heavy atom. The highest BCUT2D eigenvalue weighted by atomic mass is 16.5. The lowest BCUT2D eigenvalue weighted by Gasteiger charge is -2.27. The number of methoxy groups -OCH3 is 1. The zero-order valence-electron chi connectivity index (χ0n) is 18.3. The Morgan fingerprint density at radius 1 is 1.03 bits per heavy atom. The van der Waals surface area contributed by atoms with Gasteiger partial charge >= 0.3 is 0 Å². The van der Waals surface area contributed by atoms with Gasteiger partial charge in [-0.1, -0.05) is 42.5 Å². The van der Waals surface area contributed by atoms with Crippen molar-refractivity contribution in [1.29, 1.82) is 0 Å². The molecule has 1 saturated heterocycles. The van der Waals surface area contributed by atoms with Gasteiger partial charge in [-0.2, -0.15) is 0 Å². The van der Waals surface area contributed by atoms with Crippen molar-refractivity contribution in [3.63, 3.8) is 0 Å². The third kappa shape index (κ3) is 7.15. The smallest absolute Gasteiger partial charge is 0.227 e. The molecule has 1 unspecified atom stereocenters. The molecule has 0 spiro atoms. The average Bonchev–Trinajstić information content (AvgIpc) is 3.28. The molecule has 0 radical (unpaired) electrons. The molecule has 1 amide bonds. The summed E-state index contributed by atoms with van der Waals surface area (Å²) in [5, 5.41) is 0. The maximum absolute atomic E-state index is 13.1. The van der Waals surface area contributed by atoms with Crippen LogP contribution in [0.15, 0.2) is 54.6 Å². The van der Waals surface area contributed by atoms with Gasteiger partial charge < -0.3 is 19.3 Å². The van der Waals surface area contributed by atoms with Crippen molar-refractivity contribution in [3.8, 4) is 5.75 Å². The maximum atomic E-state index is 13.1. The SMILES string of the molecule is COc1ccc(CC(=O)N(CCc2ccccc2)CCN(C)CC2CCCO2)cc1. The minimum absolute atomic E-state index is 0.168. The van der Waals surface area contributed by atoms with Gasteiger partial charge in [0.15, 0.2) is 0 Å². The lowest BCUT2D eigenvalue weighted by atomic mass is 10.1. The molecular weight excluding hydrogens is 376 g/mol. The number of carbonyl (C=O) groups is 1. The third-order valence-corrected chi connectivity index (χ3v) is 5.67. The van der Waals surface area contributed by atoms with Crippen LogP contribution in [0.4, 0.5) is 0 Å². The number of hydrogen-bond acceptors (Lipinski definition) is 4. The summed E-state index contributed by atoms with van der Waals surface area (Å²) in [6.07, 6.45) is 3.90. The number of nitrogens with zero attached hydrogens (tertiary/aromatic N) is 2. The van der Waals surface area contributed by atoms with Gasteiger partial charge in [-0.3, -0.25) is 4.79 Å². The average molecular weight is 411 g/mol. The van der Waals surface area contributed by atoms with Crippen molar-refractivity contribution in [2.24, 2.45) is 0 Å². The van der Waals surface area contributed by atoms with Crippen LogP contribution in [0.5, 0.6) is 5.75 Å². The molecule has 0 aromatic heterocycles. The number of benzene rings is 2. The van der Waals surface area contributed by atoms with E-state index in [2.05, 4.69) is 24.1 Å². The summed E-state index contributed by atoms with van der Waals surface area (Å²) in [5.74, 6) is 0.976. The van der Waals surface area contributed by atoms with Crippen molar-refractivity contribution >= 4 is 5.91 Å². The van der Waals surface area contributed by atoms with Crippen LogP contribution >= 0.6 is 0 Å². The number of ether oxygens (including phenoxy) is 2. The topological polar surface area (TPSA) is 42.0 Å². The van der Waals surface area contributed by atoms with Gasteiger partial charge in [0, 0.05) is 32.8 Å². The Morgan fingerprint density at radius 3 is 2.47 bits per heavy atom. The second-order valence-electron chi connectivity index (χ2n) is 8.04. The van der Waals surface area contributed by atoms with Gasteiger partial charge in [0.25, 0.3) is 0 Å². The monoisotopic (exact) mass is 410 g/mol. The molecule has 2 aromatic rings. The van der Waals surface area contributed by atoms with Crippen molar-refractivity contribution in [2.75, 3.05) is 46.9 Å². The Balaban J connectivity index is 1.57. The summed E-state index contributed by atoms with van der Waals surface area (Å²) in [7, 11) is 3.77. The number of likely N-dealkylation sites (N-methyl/N-ethyl adjacent to an activating group) is 1. The summed E-state index contributed by atoms with van der Waals surface area (Å²) in [6.45, 7) is 4.11. The lowest BCUT2D eigenvalue weighted by molar-refractivity contribution is -0.130. The molecule has 1 aliphatic rings. The van der Waals surface area contributed by atoms with E-state index in [-0.39, 0.29) is 5.91 Å². The molecular formula is C25H34N2O3. The quantitative estimate of drug-likeness (QED) is 0.569. The molecule has 3 rings (SSSR count). The number of carbonyl (C=O) groups excluding carboxylic acids is 1. The van der Waals surface area contributed by atoms with Gasteiger partial charge in [-0.25, -0.2) is 0 Å². The normalized spacial score (nSPS) is 16.0. The summed E-state index contributed by atoms with van der Waals surface area (Å²) < 4.78 is 11.0. The molecule has 162 valence electrons. The first-order chi connectivity index (χ1) is 14.6. The molecule has 1 fully saturated rings. The predicted octanol–water partition coefficient (Wildman–Crippen LogP) is 3.42. The van der Waals surface area contributed by atoms with Crippen molar-refractivity contribution in [3.05, 3.63) is 65.7 Å². The van der Waals surface area contributed by atoms with Crippen molar-refractivity contribution < 1.29 is 14.3 Å². The molecule has 1 aliphatic heterocycles. The van der Waals surface area contributed by atoms with E-state index in [1.54, 1.807) is 7.11 Å². The summed E-state index contributed by atoms with van der Waals surface area (Å²) in [5.41, 5.74) is 2.27. The van der Waals surface area contributed by atoms with Gasteiger partial charge in [0.1, 0.15) is 5.75 Å². The minimum atomic E-state index is 0.168. The van der Waals surface area contributed by atoms with E-state index in [4.69, 9.17) is 9.47 Å². The predicted molar refractivity (Wildman–Crippen MR) is 120 cm³/mol. The maximum Gasteiger partial charge on any atom is 0.227 e. The van der Waals surface area contributed by atoms with E-state index in [1.165, 1.54) is 5.56 Å². The van der Waals surface area contributed by atoms with Gasteiger partial charge in [0.2, 0.25) is 5.91 Å². The van der Waals surface area contributed by atoms with Crippen LogP contribution in [0, 0.1) is 0 Å². The van der Waals surface area contributed by atoms with Crippen LogP contribution in [-0.4, -0.2) is 68.8 Å². The fourth-order valence-corrected chi connectivity index (χ4v) is 3.82. The first kappa shape index (κ1) is 22.3. The lowest BCUT2D eigenvalue weighted by Crippen LogP contribution is -2.41. The Labute approximate surface area is 180 Å². The van der Waals surface area contributed by atoms with E-state index >= 15 is 0 Å². The van der Waals surface area contributed by atoms with Crippen molar-refractivity contribution in [1.82, 2.24) is 9.80 Å². The van der Waals surface area contributed by atoms with Crippen LogP contribution in [0.25, 0.3) is 0 Å². The molecule has 0 N–H and O–H groups in total. The largest absolute Gasteiger partial charge is 0.497 e. The first-order valence-corrected chi connectivity index (χ1v) is 10.9. The number of rotatable bonds is 11. The fourth-order valence-electron chi connectivity index (χ4n) is 3.82. The Hall–Kier alpha value is -2.37. The molecule has 30 heavy (non-hydrogen) atoms. The fraction of sp³-hybridized carbons (Fsp3) is 0.480. The second kappa shape index (κ2) is 11.7. The summed E-state index contributed by atoms with van der Waals surface area (Å²) >= 11 is 0. The highest BCUT2D eigenvalue weighted by Gasteiger charge is 2.19. The van der Waals surface area contributed by atoms with E-state index < -0.39 is 0 Å². The number of amides is 1. The number of hydrogen-bond donors (Lipinski definition) is 0. The molecule has 5 nitrogen and oxygen atoms in total.